The van der Waals surface area contributed by atoms with Crippen LogP contribution in [0.15, 0.2) is 0 Å². The van der Waals surface area contributed by atoms with Crippen LogP contribution in [0.4, 0.5) is 0 Å². The first kappa shape index (κ1) is 11.2. The fraction of sp³-hybridized carbons (Fsp3) is 1.00. The molecule has 1 N–H and O–H groups in total. The van der Waals surface area contributed by atoms with E-state index in [1.807, 2.05) is 19.0 Å². The van der Waals surface area contributed by atoms with E-state index < -0.39 is 6.10 Å². The molecule has 0 aliphatic rings. The number of ether oxygens (including phenoxy) is 1. The second-order valence-electron chi connectivity index (χ2n) is 2.69. The quantitative estimate of drug-likeness (QED) is 0.468. The third-order valence-electron chi connectivity index (χ3n) is 1.17. The van der Waals surface area contributed by atoms with E-state index in [-0.39, 0.29) is 5.88 Å². The molecule has 0 amide bonds. The molecule has 0 saturated carbocycles. The molecule has 0 rings (SSSR count). The van der Waals surface area contributed by atoms with Gasteiger partial charge in [-0.2, -0.15) is 0 Å². The number of alkyl halides is 1. The Morgan fingerprint density at radius 1 is 1.55 bits per heavy atom. The van der Waals surface area contributed by atoms with Crippen molar-refractivity contribution in [1.82, 2.24) is 4.90 Å². The first-order chi connectivity index (χ1) is 5.16. The number of likely N-dealkylation sites (N-methyl/N-ethyl adjacent to an activating group) is 1. The summed E-state index contributed by atoms with van der Waals surface area (Å²) in [5, 5.41) is 8.95. The van der Waals surface area contributed by atoms with Gasteiger partial charge >= 0.3 is 0 Å². The smallest absolute Gasteiger partial charge is 0.0908 e. The molecule has 0 heterocycles. The third-order valence-corrected chi connectivity index (χ3v) is 1.53. The van der Waals surface area contributed by atoms with Crippen molar-refractivity contribution in [3.05, 3.63) is 0 Å². The van der Waals surface area contributed by atoms with Gasteiger partial charge in [-0.3, -0.25) is 0 Å². The lowest BCUT2D eigenvalue weighted by Crippen LogP contribution is -2.22. The van der Waals surface area contributed by atoms with Crippen molar-refractivity contribution in [2.45, 2.75) is 6.10 Å². The van der Waals surface area contributed by atoms with Gasteiger partial charge in [0.05, 0.1) is 25.2 Å². The van der Waals surface area contributed by atoms with Crippen molar-refractivity contribution >= 4 is 11.6 Å². The maximum absolute atomic E-state index is 8.95. The molecule has 1 atom stereocenters. The SMILES string of the molecule is CN(C)CCOC[C@@H](O)CCl. The highest BCUT2D eigenvalue weighted by molar-refractivity contribution is 6.18. The number of hydrogen-bond acceptors (Lipinski definition) is 3. The highest BCUT2D eigenvalue weighted by Gasteiger charge is 2.00. The van der Waals surface area contributed by atoms with Gasteiger partial charge in [-0.1, -0.05) is 0 Å². The number of halogens is 1. The minimum atomic E-state index is -0.529. The Morgan fingerprint density at radius 3 is 2.64 bits per heavy atom. The molecule has 0 aliphatic carbocycles. The van der Waals surface area contributed by atoms with Crippen molar-refractivity contribution in [1.29, 1.82) is 0 Å². The zero-order valence-electron chi connectivity index (χ0n) is 7.09. The summed E-state index contributed by atoms with van der Waals surface area (Å²) in [4.78, 5) is 2.02. The van der Waals surface area contributed by atoms with Crippen LogP contribution in [0.25, 0.3) is 0 Å². The summed E-state index contributed by atoms with van der Waals surface area (Å²) >= 11 is 5.35. The van der Waals surface area contributed by atoms with E-state index in [0.29, 0.717) is 13.2 Å². The molecule has 0 fully saturated rings. The number of aliphatic hydroxyl groups excluding tert-OH is 1. The summed E-state index contributed by atoms with van der Waals surface area (Å²) in [6, 6.07) is 0. The van der Waals surface area contributed by atoms with Crippen LogP contribution in [0.5, 0.6) is 0 Å². The van der Waals surface area contributed by atoms with Gasteiger partial charge in [0.1, 0.15) is 0 Å². The van der Waals surface area contributed by atoms with Crippen molar-refractivity contribution < 1.29 is 9.84 Å². The van der Waals surface area contributed by atoms with Crippen LogP contribution in [0.1, 0.15) is 0 Å². The Bertz CT molecular complexity index is 90.5. The average Bonchev–Trinajstić information content (AvgIpc) is 1.97. The van der Waals surface area contributed by atoms with Gasteiger partial charge < -0.3 is 14.7 Å². The van der Waals surface area contributed by atoms with Crippen LogP contribution in [0.2, 0.25) is 0 Å². The molecule has 0 spiro atoms. The fourth-order valence-corrected chi connectivity index (χ4v) is 0.600. The second kappa shape index (κ2) is 6.85. The Kier molecular flexibility index (Phi) is 6.96. The lowest BCUT2D eigenvalue weighted by Gasteiger charge is -2.11. The summed E-state index contributed by atoms with van der Waals surface area (Å²) in [5.41, 5.74) is 0. The van der Waals surface area contributed by atoms with Gasteiger partial charge in [-0.15, -0.1) is 11.6 Å². The minimum Gasteiger partial charge on any atom is -0.389 e. The average molecular weight is 182 g/mol. The van der Waals surface area contributed by atoms with Crippen molar-refractivity contribution in [3.8, 4) is 0 Å². The van der Waals surface area contributed by atoms with E-state index >= 15 is 0 Å². The normalized spacial score (nSPS) is 13.9. The highest BCUT2D eigenvalue weighted by Crippen LogP contribution is 1.88. The molecule has 68 valence electrons. The van der Waals surface area contributed by atoms with Gasteiger partial charge in [0.15, 0.2) is 0 Å². The van der Waals surface area contributed by atoms with Gasteiger partial charge in [0.25, 0.3) is 0 Å². The summed E-state index contributed by atoms with van der Waals surface area (Å²) in [6.07, 6.45) is -0.529. The number of aliphatic hydroxyl groups is 1. The lowest BCUT2D eigenvalue weighted by atomic mass is 10.4. The molecular weight excluding hydrogens is 166 g/mol. The van der Waals surface area contributed by atoms with E-state index in [2.05, 4.69) is 0 Å². The molecule has 0 bridgehead atoms. The van der Waals surface area contributed by atoms with Gasteiger partial charge in [-0.25, -0.2) is 0 Å². The van der Waals surface area contributed by atoms with Crippen molar-refractivity contribution in [2.24, 2.45) is 0 Å². The molecule has 0 saturated heterocycles. The fourth-order valence-electron chi connectivity index (χ4n) is 0.511. The van der Waals surface area contributed by atoms with Crippen LogP contribution < -0.4 is 0 Å². The Balaban J connectivity index is 3.01. The summed E-state index contributed by atoms with van der Waals surface area (Å²) in [6.45, 7) is 1.84. The summed E-state index contributed by atoms with van der Waals surface area (Å²) in [5.74, 6) is 0.238. The molecule has 0 aliphatic heterocycles. The molecular formula is C7H16ClNO2. The van der Waals surface area contributed by atoms with E-state index in [0.717, 1.165) is 6.54 Å². The molecule has 3 nitrogen and oxygen atoms in total. The zero-order valence-corrected chi connectivity index (χ0v) is 7.84. The minimum absolute atomic E-state index is 0.238. The molecule has 0 aromatic carbocycles. The third kappa shape index (κ3) is 8.07. The largest absolute Gasteiger partial charge is 0.389 e. The van der Waals surface area contributed by atoms with Crippen molar-refractivity contribution in [2.75, 3.05) is 39.7 Å². The number of nitrogens with zero attached hydrogens (tertiary/aromatic N) is 1. The molecule has 0 radical (unpaired) electrons. The Hall–Kier alpha value is 0.170. The maximum atomic E-state index is 8.95. The van der Waals surface area contributed by atoms with Gasteiger partial charge in [0.2, 0.25) is 0 Å². The van der Waals surface area contributed by atoms with Gasteiger partial charge in [0, 0.05) is 6.54 Å². The van der Waals surface area contributed by atoms with Crippen LogP contribution in [-0.4, -0.2) is 55.8 Å². The Morgan fingerprint density at radius 2 is 2.18 bits per heavy atom. The van der Waals surface area contributed by atoms with E-state index in [4.69, 9.17) is 21.4 Å². The Labute approximate surface area is 72.9 Å². The highest BCUT2D eigenvalue weighted by atomic mass is 35.5. The van der Waals surface area contributed by atoms with E-state index in [1.165, 1.54) is 0 Å². The zero-order chi connectivity index (χ0) is 8.69. The topological polar surface area (TPSA) is 32.7 Å². The van der Waals surface area contributed by atoms with Crippen LogP contribution in [0, 0.1) is 0 Å². The maximum Gasteiger partial charge on any atom is 0.0908 e. The lowest BCUT2D eigenvalue weighted by molar-refractivity contribution is 0.0418. The number of hydrogen-bond donors (Lipinski definition) is 1. The summed E-state index contributed by atoms with van der Waals surface area (Å²) < 4.78 is 5.12. The summed E-state index contributed by atoms with van der Waals surface area (Å²) in [7, 11) is 3.95. The van der Waals surface area contributed by atoms with Crippen molar-refractivity contribution in [3.63, 3.8) is 0 Å². The first-order valence-corrected chi connectivity index (χ1v) is 4.16. The molecule has 0 aromatic rings. The first-order valence-electron chi connectivity index (χ1n) is 3.63. The second-order valence-corrected chi connectivity index (χ2v) is 2.99. The van der Waals surface area contributed by atoms with E-state index in [1.54, 1.807) is 0 Å². The number of rotatable bonds is 6. The van der Waals surface area contributed by atoms with Gasteiger partial charge in [-0.05, 0) is 14.1 Å². The molecule has 11 heavy (non-hydrogen) atoms. The van der Waals surface area contributed by atoms with Crippen LogP contribution >= 0.6 is 11.6 Å². The molecule has 4 heteroatoms. The molecule has 0 unspecified atom stereocenters. The van der Waals surface area contributed by atoms with Crippen LogP contribution in [-0.2, 0) is 4.74 Å². The standard InChI is InChI=1S/C7H16ClNO2/c1-9(2)3-4-11-6-7(10)5-8/h7,10H,3-6H2,1-2H3/t7-/m0/s1. The monoisotopic (exact) mass is 181 g/mol. The predicted molar refractivity (Wildman–Crippen MR) is 46.1 cm³/mol. The van der Waals surface area contributed by atoms with Crippen LogP contribution in [0.3, 0.4) is 0 Å². The predicted octanol–water partition coefficient (Wildman–Crippen LogP) is 0.164. The molecule has 0 aromatic heterocycles. The van der Waals surface area contributed by atoms with E-state index in [9.17, 15) is 0 Å².